The molecule has 2 N–H and O–H groups in total. The van der Waals surface area contributed by atoms with Gasteiger partial charge in [0.25, 0.3) is 0 Å². The third-order valence-electron chi connectivity index (χ3n) is 10.8. The Morgan fingerprint density at radius 2 is 2.07 bits per heavy atom. The van der Waals surface area contributed by atoms with E-state index < -0.39 is 6.10 Å². The molecule has 5 heteroatoms. The Hall–Kier alpha value is -0.910. The third-order valence-corrected chi connectivity index (χ3v) is 10.8. The summed E-state index contributed by atoms with van der Waals surface area (Å²) in [5, 5.41) is 23.2. The Morgan fingerprint density at radius 1 is 1.31 bits per heavy atom. The number of hydrogen-bond donors (Lipinski definition) is 2. The summed E-state index contributed by atoms with van der Waals surface area (Å²) in [6, 6.07) is 0.336. The zero-order chi connectivity index (χ0) is 20.5. The number of likely N-dealkylation sites (tertiary alicyclic amines) is 1. The molecule has 6 rings (SSSR count). The quantitative estimate of drug-likeness (QED) is 0.549. The number of aliphatic hydroxyl groups is 2. The van der Waals surface area contributed by atoms with E-state index in [1.54, 1.807) is 0 Å². The standard InChI is InChI=1S/C24H35NO4/c1-5-25-11-22(4)7-6-19(27)24-17(22)8-15(20(24)25)23-10-14(12(2)21(23)28)16(9-18(23)24)29-13(3)26/h14-21,27-28H,2,5-11H2,1,3-4H3/t14-,15+,16-,17-,18-,19+,20-,21-,22+,23+,24+/m1/s1. The highest BCUT2D eigenvalue weighted by Crippen LogP contribution is 2.83. The number of carbonyl (C=O) groups is 1. The topological polar surface area (TPSA) is 70.0 Å². The highest BCUT2D eigenvalue weighted by Gasteiger charge is 2.85. The first kappa shape index (κ1) is 18.8. The molecule has 1 heterocycles. The van der Waals surface area contributed by atoms with Gasteiger partial charge in [-0.3, -0.25) is 9.69 Å². The molecule has 0 aromatic heterocycles. The van der Waals surface area contributed by atoms with Crippen molar-refractivity contribution in [3.63, 3.8) is 0 Å². The smallest absolute Gasteiger partial charge is 0.302 e. The molecule has 11 atom stereocenters. The number of ether oxygens (including phenoxy) is 1. The van der Waals surface area contributed by atoms with Crippen molar-refractivity contribution in [2.45, 2.75) is 77.2 Å². The van der Waals surface area contributed by atoms with Gasteiger partial charge < -0.3 is 14.9 Å². The van der Waals surface area contributed by atoms with Crippen molar-refractivity contribution in [3.05, 3.63) is 12.2 Å². The van der Waals surface area contributed by atoms with E-state index in [1.807, 2.05) is 0 Å². The lowest BCUT2D eigenvalue weighted by Gasteiger charge is -2.65. The molecule has 0 aromatic rings. The van der Waals surface area contributed by atoms with E-state index in [0.29, 0.717) is 17.9 Å². The number of fused-ring (bicyclic) bond motifs is 1. The molecule has 160 valence electrons. The zero-order valence-electron chi connectivity index (χ0n) is 17.9. The van der Waals surface area contributed by atoms with Crippen LogP contribution in [-0.4, -0.2) is 58.5 Å². The lowest BCUT2D eigenvalue weighted by atomic mass is 9.43. The van der Waals surface area contributed by atoms with Gasteiger partial charge in [-0.15, -0.1) is 0 Å². The molecule has 2 spiro atoms. The van der Waals surface area contributed by atoms with Crippen LogP contribution < -0.4 is 0 Å². The summed E-state index contributed by atoms with van der Waals surface area (Å²) in [5.74, 6) is 0.914. The molecule has 7 bridgehead atoms. The molecule has 0 aromatic carbocycles. The Balaban J connectivity index is 1.55. The van der Waals surface area contributed by atoms with Crippen LogP contribution in [0.4, 0.5) is 0 Å². The molecule has 5 nitrogen and oxygen atoms in total. The Bertz CT molecular complexity index is 798. The van der Waals surface area contributed by atoms with Gasteiger partial charge in [-0.1, -0.05) is 20.4 Å². The van der Waals surface area contributed by atoms with Gasteiger partial charge in [0.15, 0.2) is 0 Å². The van der Waals surface area contributed by atoms with Crippen LogP contribution >= 0.6 is 0 Å². The highest BCUT2D eigenvalue weighted by atomic mass is 16.5. The average Bonchev–Trinajstić information content (AvgIpc) is 3.19. The second-order valence-electron chi connectivity index (χ2n) is 11.4. The van der Waals surface area contributed by atoms with E-state index in [1.165, 1.54) is 6.92 Å². The number of piperidine rings is 1. The minimum absolute atomic E-state index is 0.0583. The maximum absolute atomic E-state index is 11.9. The molecular weight excluding hydrogens is 366 g/mol. The average molecular weight is 402 g/mol. The summed E-state index contributed by atoms with van der Waals surface area (Å²) < 4.78 is 5.82. The van der Waals surface area contributed by atoms with Gasteiger partial charge in [-0.05, 0) is 67.4 Å². The number of rotatable bonds is 2. The summed E-state index contributed by atoms with van der Waals surface area (Å²) in [5.41, 5.74) is 0.724. The Morgan fingerprint density at radius 3 is 2.76 bits per heavy atom. The number of aliphatic hydroxyl groups excluding tert-OH is 2. The van der Waals surface area contributed by atoms with Crippen LogP contribution in [0.5, 0.6) is 0 Å². The van der Waals surface area contributed by atoms with Crippen molar-refractivity contribution in [3.8, 4) is 0 Å². The zero-order valence-corrected chi connectivity index (χ0v) is 17.9. The molecule has 5 saturated carbocycles. The van der Waals surface area contributed by atoms with E-state index in [-0.39, 0.29) is 46.3 Å². The predicted octanol–water partition coefficient (Wildman–Crippen LogP) is 2.36. The van der Waals surface area contributed by atoms with Gasteiger partial charge in [0.05, 0.1) is 12.2 Å². The van der Waals surface area contributed by atoms with Crippen LogP contribution in [0, 0.1) is 39.9 Å². The Labute approximate surface area is 173 Å². The number of carbonyl (C=O) groups excluding carboxylic acids is 1. The van der Waals surface area contributed by atoms with Gasteiger partial charge in [-0.2, -0.15) is 0 Å². The first-order valence-corrected chi connectivity index (χ1v) is 11.7. The van der Waals surface area contributed by atoms with Crippen molar-refractivity contribution < 1.29 is 19.7 Å². The monoisotopic (exact) mass is 401 g/mol. The van der Waals surface area contributed by atoms with E-state index in [4.69, 9.17) is 4.74 Å². The van der Waals surface area contributed by atoms with Crippen LogP contribution in [0.2, 0.25) is 0 Å². The van der Waals surface area contributed by atoms with Gasteiger partial charge in [0.2, 0.25) is 0 Å². The minimum atomic E-state index is -0.539. The summed E-state index contributed by atoms with van der Waals surface area (Å²) in [6.07, 6.45) is 3.63. The fourth-order valence-electron chi connectivity index (χ4n) is 10.3. The van der Waals surface area contributed by atoms with Gasteiger partial charge in [0.1, 0.15) is 6.10 Å². The van der Waals surface area contributed by atoms with Crippen molar-refractivity contribution >= 4 is 5.97 Å². The van der Waals surface area contributed by atoms with Gasteiger partial charge in [0, 0.05) is 36.3 Å². The predicted molar refractivity (Wildman–Crippen MR) is 108 cm³/mol. The van der Waals surface area contributed by atoms with Crippen LogP contribution in [0.25, 0.3) is 0 Å². The van der Waals surface area contributed by atoms with Crippen molar-refractivity contribution in [1.29, 1.82) is 0 Å². The Kier molecular flexibility index (Phi) is 3.55. The second kappa shape index (κ2) is 5.46. The van der Waals surface area contributed by atoms with E-state index in [0.717, 1.165) is 50.8 Å². The third kappa shape index (κ3) is 1.81. The molecule has 29 heavy (non-hydrogen) atoms. The minimum Gasteiger partial charge on any atom is -0.462 e. The fourth-order valence-corrected chi connectivity index (χ4v) is 10.3. The van der Waals surface area contributed by atoms with E-state index >= 15 is 0 Å². The molecule has 0 unspecified atom stereocenters. The maximum Gasteiger partial charge on any atom is 0.302 e. The molecular formula is C24H35NO4. The van der Waals surface area contributed by atoms with E-state index in [2.05, 4.69) is 25.3 Å². The largest absolute Gasteiger partial charge is 0.462 e. The van der Waals surface area contributed by atoms with Crippen molar-refractivity contribution in [2.75, 3.05) is 13.1 Å². The maximum atomic E-state index is 11.9. The van der Waals surface area contributed by atoms with Crippen LogP contribution in [0.1, 0.15) is 52.9 Å². The SMILES string of the molecule is C=C1[C@H]2C[C@@]3([C@@H]1O)[C@@H](C[C@H]2OC(C)=O)[C@]12[C@@H]4C[C@H]3[C@H]1N(CC)C[C@]4(C)CC[C@@H]2O. The normalized spacial score (nSPS) is 59.7. The van der Waals surface area contributed by atoms with Crippen molar-refractivity contribution in [1.82, 2.24) is 4.90 Å². The molecule has 5 aliphatic carbocycles. The first-order chi connectivity index (χ1) is 13.7. The van der Waals surface area contributed by atoms with Crippen LogP contribution in [0.15, 0.2) is 12.2 Å². The van der Waals surface area contributed by atoms with Crippen LogP contribution in [0.3, 0.4) is 0 Å². The van der Waals surface area contributed by atoms with Crippen LogP contribution in [-0.2, 0) is 9.53 Å². The fraction of sp³-hybridized carbons (Fsp3) is 0.875. The first-order valence-electron chi connectivity index (χ1n) is 11.7. The summed E-state index contributed by atoms with van der Waals surface area (Å²) in [6.45, 7) is 12.6. The number of esters is 1. The molecule has 6 aliphatic rings. The van der Waals surface area contributed by atoms with Gasteiger partial charge in [-0.25, -0.2) is 0 Å². The number of hydrogen-bond acceptors (Lipinski definition) is 5. The summed E-state index contributed by atoms with van der Waals surface area (Å²) in [4.78, 5) is 14.5. The highest BCUT2D eigenvalue weighted by molar-refractivity contribution is 5.66. The lowest BCUT2D eigenvalue weighted by molar-refractivity contribution is -0.220. The second-order valence-corrected chi connectivity index (χ2v) is 11.4. The molecule has 6 fully saturated rings. The molecule has 1 aliphatic heterocycles. The van der Waals surface area contributed by atoms with Gasteiger partial charge >= 0.3 is 5.97 Å². The summed E-state index contributed by atoms with van der Waals surface area (Å²) in [7, 11) is 0. The molecule has 1 saturated heterocycles. The van der Waals surface area contributed by atoms with Crippen molar-refractivity contribution in [2.24, 2.45) is 39.9 Å². The number of nitrogens with zero attached hydrogens (tertiary/aromatic N) is 1. The molecule has 0 radical (unpaired) electrons. The van der Waals surface area contributed by atoms with E-state index in [9.17, 15) is 15.0 Å². The molecule has 0 amide bonds. The lowest BCUT2D eigenvalue weighted by Crippen LogP contribution is -2.68. The summed E-state index contributed by atoms with van der Waals surface area (Å²) >= 11 is 0.